The van der Waals surface area contributed by atoms with Gasteiger partial charge in [0, 0.05) is 13.5 Å². The van der Waals surface area contributed by atoms with Crippen LogP contribution in [-0.4, -0.2) is 45.2 Å². The third-order valence-corrected chi connectivity index (χ3v) is 8.77. The molecule has 0 radical (unpaired) electrons. The third kappa shape index (κ3) is 11.9. The van der Waals surface area contributed by atoms with Crippen LogP contribution in [-0.2, 0) is 22.3 Å². The lowest BCUT2D eigenvalue weighted by atomic mass is 9.84. The Morgan fingerprint density at radius 2 is 1.43 bits per heavy atom. The Morgan fingerprint density at radius 1 is 0.787 bits per heavy atom. The molecule has 1 aliphatic carbocycles. The van der Waals surface area contributed by atoms with Crippen molar-refractivity contribution in [1.82, 2.24) is 0 Å². The van der Waals surface area contributed by atoms with Gasteiger partial charge in [-0.2, -0.15) is 13.2 Å². The first-order valence-electron chi connectivity index (χ1n) is 17.1. The normalized spacial score (nSPS) is 15.1. The molecule has 1 aliphatic rings. The monoisotopic (exact) mass is 654 g/mol. The van der Waals surface area contributed by atoms with Gasteiger partial charge in [0.2, 0.25) is 0 Å². The number of carbonyl (C=O) groups excluding carboxylic acids is 1. The fraction of sp³-hybridized carbons (Fsp3) is 0.513. The Labute approximate surface area is 277 Å². The number of esters is 1. The average molecular weight is 655 g/mol. The quantitative estimate of drug-likeness (QED) is 0.0951. The molecule has 2 atom stereocenters. The van der Waals surface area contributed by atoms with E-state index in [2.05, 4.69) is 25.1 Å². The van der Waals surface area contributed by atoms with Crippen molar-refractivity contribution in [3.63, 3.8) is 0 Å². The Hall–Kier alpha value is -3.52. The van der Waals surface area contributed by atoms with Crippen LogP contribution < -0.4 is 9.47 Å². The van der Waals surface area contributed by atoms with Gasteiger partial charge in [-0.25, -0.2) is 4.79 Å². The largest absolute Gasteiger partial charge is 0.494 e. The maximum Gasteiger partial charge on any atom is 0.425 e. The van der Waals surface area contributed by atoms with E-state index in [1.165, 1.54) is 75.3 Å². The summed E-state index contributed by atoms with van der Waals surface area (Å²) < 4.78 is 61.3. The number of aryl methyl sites for hydroxylation is 1. The van der Waals surface area contributed by atoms with E-state index < -0.39 is 24.7 Å². The molecular weight excluding hydrogens is 605 g/mol. The first kappa shape index (κ1) is 36.3. The van der Waals surface area contributed by atoms with Crippen molar-refractivity contribution < 1.29 is 36.9 Å². The van der Waals surface area contributed by atoms with Crippen LogP contribution in [0.25, 0.3) is 11.1 Å². The number of unbranched alkanes of at least 4 members (excludes halogenated alkanes) is 7. The molecule has 0 fully saturated rings. The summed E-state index contributed by atoms with van der Waals surface area (Å²) in [6.45, 7) is 3.50. The van der Waals surface area contributed by atoms with E-state index in [1.807, 2.05) is 24.3 Å². The molecule has 4 rings (SSSR count). The van der Waals surface area contributed by atoms with Crippen LogP contribution in [0.2, 0.25) is 0 Å². The van der Waals surface area contributed by atoms with E-state index in [-0.39, 0.29) is 12.2 Å². The summed E-state index contributed by atoms with van der Waals surface area (Å²) in [5.74, 6) is 1.17. The van der Waals surface area contributed by atoms with Crippen LogP contribution in [0.5, 0.6) is 11.5 Å². The zero-order valence-electron chi connectivity index (χ0n) is 27.8. The number of methoxy groups -OCH3 is 1. The van der Waals surface area contributed by atoms with Crippen LogP contribution in [0.4, 0.5) is 13.2 Å². The number of hydrogen-bond acceptors (Lipinski definition) is 5. The highest BCUT2D eigenvalue weighted by molar-refractivity contribution is 5.90. The topological polar surface area (TPSA) is 54.0 Å². The average Bonchev–Trinajstić information content (AvgIpc) is 3.08. The number of alkyl halides is 3. The molecule has 0 saturated carbocycles. The molecule has 47 heavy (non-hydrogen) atoms. The third-order valence-electron chi connectivity index (χ3n) is 8.77. The second-order valence-electron chi connectivity index (χ2n) is 12.5. The number of hydrogen-bond donors (Lipinski definition) is 0. The molecule has 0 aromatic heterocycles. The minimum atomic E-state index is -4.66. The van der Waals surface area contributed by atoms with Crippen molar-refractivity contribution in [2.45, 2.75) is 96.3 Å². The molecule has 3 aromatic carbocycles. The summed E-state index contributed by atoms with van der Waals surface area (Å²) in [6, 6.07) is 20.5. The van der Waals surface area contributed by atoms with E-state index in [0.29, 0.717) is 12.5 Å². The molecule has 8 heteroatoms. The number of carbonyl (C=O) groups is 1. The molecule has 0 aliphatic heterocycles. The SMILES string of the molecule is CCCCCCCCCCOc1ccc2c(c1)CCC(COc1ccc(-c3ccc(C(=O)OC(CCOC)C(F)(F)F)cc3)cc1)C2. The summed E-state index contributed by atoms with van der Waals surface area (Å²) in [6.07, 6.45) is 6.08. The van der Waals surface area contributed by atoms with Crippen molar-refractivity contribution in [1.29, 1.82) is 0 Å². The molecule has 0 bridgehead atoms. The fourth-order valence-electron chi connectivity index (χ4n) is 5.93. The van der Waals surface area contributed by atoms with Gasteiger partial charge in [-0.15, -0.1) is 0 Å². The van der Waals surface area contributed by atoms with E-state index >= 15 is 0 Å². The first-order valence-corrected chi connectivity index (χ1v) is 17.1. The molecule has 2 unspecified atom stereocenters. The standard InChI is InChI=1S/C39H49F3O5/c1-3-4-5-6-7-8-9-10-24-45-36-22-19-33-26-29(11-12-34(33)27-36)28-46-35-20-17-31(18-21-35)30-13-15-32(16-14-30)38(43)47-37(23-25-44-2)39(40,41)42/h13-22,27,29,37H,3-12,23-26,28H2,1-2H3. The van der Waals surface area contributed by atoms with Gasteiger partial charge in [0.25, 0.3) is 0 Å². The fourth-order valence-corrected chi connectivity index (χ4v) is 5.93. The molecular formula is C39H49F3O5. The van der Waals surface area contributed by atoms with Crippen molar-refractivity contribution in [3.05, 3.63) is 83.4 Å². The van der Waals surface area contributed by atoms with Crippen LogP contribution >= 0.6 is 0 Å². The van der Waals surface area contributed by atoms with Gasteiger partial charge >= 0.3 is 12.1 Å². The molecule has 0 amide bonds. The highest BCUT2D eigenvalue weighted by atomic mass is 19.4. The number of ether oxygens (including phenoxy) is 4. The molecule has 0 spiro atoms. The Kier molecular flexibility index (Phi) is 14.5. The summed E-state index contributed by atoms with van der Waals surface area (Å²) in [4.78, 5) is 12.4. The highest BCUT2D eigenvalue weighted by Crippen LogP contribution is 2.31. The molecule has 256 valence electrons. The van der Waals surface area contributed by atoms with E-state index in [9.17, 15) is 18.0 Å². The van der Waals surface area contributed by atoms with Crippen LogP contribution in [0.3, 0.4) is 0 Å². The zero-order chi connectivity index (χ0) is 33.5. The van der Waals surface area contributed by atoms with Gasteiger partial charge in [0.05, 0.1) is 25.4 Å². The lowest BCUT2D eigenvalue weighted by molar-refractivity contribution is -0.208. The van der Waals surface area contributed by atoms with Crippen LogP contribution in [0.15, 0.2) is 66.7 Å². The summed E-state index contributed by atoms with van der Waals surface area (Å²) in [5.41, 5.74) is 4.53. The van der Waals surface area contributed by atoms with Gasteiger partial charge in [-0.05, 0) is 90.3 Å². The predicted molar refractivity (Wildman–Crippen MR) is 179 cm³/mol. The summed E-state index contributed by atoms with van der Waals surface area (Å²) in [5, 5.41) is 0. The van der Waals surface area contributed by atoms with Crippen molar-refractivity contribution in [3.8, 4) is 22.6 Å². The molecule has 5 nitrogen and oxygen atoms in total. The molecule has 0 heterocycles. The Balaban J connectivity index is 1.19. The predicted octanol–water partition coefficient (Wildman–Crippen LogP) is 10.2. The van der Waals surface area contributed by atoms with Gasteiger partial charge < -0.3 is 18.9 Å². The number of fused-ring (bicyclic) bond motifs is 1. The van der Waals surface area contributed by atoms with Gasteiger partial charge in [-0.1, -0.05) is 82.2 Å². The van der Waals surface area contributed by atoms with Crippen molar-refractivity contribution >= 4 is 5.97 Å². The van der Waals surface area contributed by atoms with Crippen LogP contribution in [0.1, 0.15) is 92.6 Å². The van der Waals surface area contributed by atoms with Gasteiger partial charge in [0.15, 0.2) is 6.10 Å². The van der Waals surface area contributed by atoms with Gasteiger partial charge in [0.1, 0.15) is 11.5 Å². The second kappa shape index (κ2) is 18.7. The second-order valence-corrected chi connectivity index (χ2v) is 12.5. The minimum Gasteiger partial charge on any atom is -0.494 e. The molecule has 0 N–H and O–H groups in total. The summed E-state index contributed by atoms with van der Waals surface area (Å²) in [7, 11) is 1.30. The number of halogens is 3. The zero-order valence-corrected chi connectivity index (χ0v) is 27.8. The van der Waals surface area contributed by atoms with Crippen molar-refractivity contribution in [2.75, 3.05) is 26.9 Å². The molecule has 3 aromatic rings. The highest BCUT2D eigenvalue weighted by Gasteiger charge is 2.42. The maximum absolute atomic E-state index is 13.2. The van der Waals surface area contributed by atoms with E-state index in [1.54, 1.807) is 12.1 Å². The maximum atomic E-state index is 13.2. The lowest BCUT2D eigenvalue weighted by Crippen LogP contribution is -2.34. The lowest BCUT2D eigenvalue weighted by Gasteiger charge is -2.25. The number of benzene rings is 3. The van der Waals surface area contributed by atoms with Gasteiger partial charge in [-0.3, -0.25) is 0 Å². The summed E-state index contributed by atoms with van der Waals surface area (Å²) >= 11 is 0. The first-order chi connectivity index (χ1) is 22.8. The Morgan fingerprint density at radius 3 is 2.09 bits per heavy atom. The Bertz CT molecular complexity index is 1350. The number of rotatable bonds is 19. The van der Waals surface area contributed by atoms with Crippen LogP contribution in [0, 0.1) is 5.92 Å². The smallest absolute Gasteiger partial charge is 0.425 e. The van der Waals surface area contributed by atoms with Crippen molar-refractivity contribution in [2.24, 2.45) is 5.92 Å². The van der Waals surface area contributed by atoms with E-state index in [4.69, 9.17) is 18.9 Å². The molecule has 0 saturated heterocycles. The minimum absolute atomic E-state index is 0.0528. The van der Waals surface area contributed by atoms with E-state index in [0.717, 1.165) is 54.9 Å².